The third kappa shape index (κ3) is 4.07. The molecule has 30 heavy (non-hydrogen) atoms. The Morgan fingerprint density at radius 3 is 2.43 bits per heavy atom. The molecule has 2 aliphatic rings. The Labute approximate surface area is 176 Å². The van der Waals surface area contributed by atoms with E-state index in [0.717, 1.165) is 50.6 Å². The number of pyridine rings is 1. The molecular formula is C23H32N4O3. The van der Waals surface area contributed by atoms with Gasteiger partial charge in [0, 0.05) is 31.2 Å². The molecule has 0 aliphatic heterocycles. The summed E-state index contributed by atoms with van der Waals surface area (Å²) in [5.74, 6) is 0.180. The molecule has 4 rings (SSSR count). The highest BCUT2D eigenvalue weighted by molar-refractivity contribution is 6.05. The first-order valence-electron chi connectivity index (χ1n) is 11.5. The van der Waals surface area contributed by atoms with Crippen LogP contribution in [0, 0.1) is 0 Å². The first-order chi connectivity index (χ1) is 14.5. The summed E-state index contributed by atoms with van der Waals surface area (Å²) in [6.45, 7) is 2.43. The van der Waals surface area contributed by atoms with Crippen molar-refractivity contribution in [1.29, 1.82) is 0 Å². The highest BCUT2D eigenvalue weighted by Gasteiger charge is 2.30. The van der Waals surface area contributed by atoms with Crippen LogP contribution in [0.3, 0.4) is 0 Å². The van der Waals surface area contributed by atoms with Gasteiger partial charge in [-0.2, -0.15) is 0 Å². The number of amides is 1. The van der Waals surface area contributed by atoms with E-state index in [1.54, 1.807) is 6.07 Å². The number of H-pyrrole nitrogens is 1. The number of aromatic amines is 1. The quantitative estimate of drug-likeness (QED) is 0.813. The number of fused-ring (bicyclic) bond motifs is 1. The molecule has 7 nitrogen and oxygen atoms in total. The van der Waals surface area contributed by atoms with Crippen LogP contribution in [0.5, 0.6) is 0 Å². The van der Waals surface area contributed by atoms with Crippen molar-refractivity contribution in [1.82, 2.24) is 19.4 Å². The zero-order valence-electron chi connectivity index (χ0n) is 18.1. The van der Waals surface area contributed by atoms with Crippen LogP contribution in [0.1, 0.15) is 93.1 Å². The lowest BCUT2D eigenvalue weighted by atomic mass is 9.95. The van der Waals surface area contributed by atoms with E-state index in [2.05, 4.69) is 4.98 Å². The molecule has 0 bridgehead atoms. The predicted molar refractivity (Wildman–Crippen MR) is 117 cm³/mol. The number of nitrogens with one attached hydrogen (secondary N) is 1. The van der Waals surface area contributed by atoms with Gasteiger partial charge in [0.2, 0.25) is 0 Å². The molecule has 0 unspecified atom stereocenters. The van der Waals surface area contributed by atoms with Gasteiger partial charge in [-0.05, 0) is 38.2 Å². The van der Waals surface area contributed by atoms with Crippen molar-refractivity contribution in [3.8, 4) is 0 Å². The molecule has 0 spiro atoms. The van der Waals surface area contributed by atoms with E-state index in [4.69, 9.17) is 4.98 Å². The minimum Gasteiger partial charge on any atom is -0.339 e. The molecule has 2 aliphatic carbocycles. The monoisotopic (exact) mass is 412 g/mol. The molecule has 0 atom stereocenters. The molecule has 2 heterocycles. The number of hydrogen-bond acceptors (Lipinski definition) is 4. The molecular weight excluding hydrogens is 380 g/mol. The maximum absolute atomic E-state index is 13.6. The largest absolute Gasteiger partial charge is 0.339 e. The Balaban J connectivity index is 1.82. The second kappa shape index (κ2) is 8.74. The number of carbonyl (C=O) groups is 1. The van der Waals surface area contributed by atoms with E-state index >= 15 is 0 Å². The molecule has 0 radical (unpaired) electrons. The third-order valence-electron chi connectivity index (χ3n) is 6.58. The fourth-order valence-corrected chi connectivity index (χ4v) is 4.66. The topological polar surface area (TPSA) is 88.1 Å². The summed E-state index contributed by atoms with van der Waals surface area (Å²) in [6, 6.07) is 1.99. The maximum atomic E-state index is 13.6. The maximum Gasteiger partial charge on any atom is 0.329 e. The second-order valence-electron chi connectivity index (χ2n) is 8.89. The molecule has 7 heteroatoms. The van der Waals surface area contributed by atoms with Crippen molar-refractivity contribution in [3.05, 3.63) is 38.2 Å². The highest BCUT2D eigenvalue weighted by atomic mass is 16.2. The van der Waals surface area contributed by atoms with E-state index in [0.29, 0.717) is 23.7 Å². The average molecular weight is 413 g/mol. The van der Waals surface area contributed by atoms with Gasteiger partial charge in [0.1, 0.15) is 0 Å². The third-order valence-corrected chi connectivity index (χ3v) is 6.58. The number of hydrogen-bond donors (Lipinski definition) is 1. The van der Waals surface area contributed by atoms with E-state index in [-0.39, 0.29) is 17.3 Å². The second-order valence-corrected chi connectivity index (χ2v) is 8.89. The Morgan fingerprint density at radius 1 is 1.13 bits per heavy atom. The van der Waals surface area contributed by atoms with Crippen molar-refractivity contribution >= 4 is 16.9 Å². The van der Waals surface area contributed by atoms with Crippen LogP contribution in [0.25, 0.3) is 11.0 Å². The smallest absolute Gasteiger partial charge is 0.329 e. The van der Waals surface area contributed by atoms with Gasteiger partial charge < -0.3 is 4.90 Å². The van der Waals surface area contributed by atoms with Gasteiger partial charge >= 0.3 is 5.69 Å². The molecule has 0 saturated heterocycles. The predicted octanol–water partition coefficient (Wildman–Crippen LogP) is 3.56. The van der Waals surface area contributed by atoms with Gasteiger partial charge in [-0.25, -0.2) is 9.78 Å². The average Bonchev–Trinajstić information content (AvgIpc) is 3.54. The van der Waals surface area contributed by atoms with E-state index in [9.17, 15) is 14.4 Å². The Bertz CT molecular complexity index is 1040. The van der Waals surface area contributed by atoms with Crippen molar-refractivity contribution in [3.63, 3.8) is 0 Å². The van der Waals surface area contributed by atoms with Crippen LogP contribution in [-0.2, 0) is 6.54 Å². The summed E-state index contributed by atoms with van der Waals surface area (Å²) in [4.78, 5) is 47.8. The molecule has 1 N–H and O–H groups in total. The lowest BCUT2D eigenvalue weighted by Crippen LogP contribution is -2.39. The molecule has 1 amide bonds. The molecule has 2 aromatic heterocycles. The van der Waals surface area contributed by atoms with Gasteiger partial charge in [-0.1, -0.05) is 39.0 Å². The summed E-state index contributed by atoms with van der Waals surface area (Å²) < 4.78 is 1.51. The number of aromatic nitrogens is 3. The van der Waals surface area contributed by atoms with Crippen LogP contribution in [0.2, 0.25) is 0 Å². The van der Waals surface area contributed by atoms with E-state index in [1.807, 2.05) is 18.9 Å². The first-order valence-corrected chi connectivity index (χ1v) is 11.5. The minimum absolute atomic E-state index is 0.137. The fraction of sp³-hybridized carbons (Fsp3) is 0.652. The Morgan fingerprint density at radius 2 is 1.80 bits per heavy atom. The number of carbonyl (C=O) groups excluding carboxylic acids is 1. The lowest BCUT2D eigenvalue weighted by molar-refractivity contribution is 0.0708. The Hall–Kier alpha value is -2.44. The van der Waals surface area contributed by atoms with E-state index in [1.165, 1.54) is 23.8 Å². The molecule has 0 aromatic carbocycles. The van der Waals surface area contributed by atoms with Crippen LogP contribution in [0.4, 0.5) is 0 Å². The highest BCUT2D eigenvalue weighted by Crippen LogP contribution is 2.40. The van der Waals surface area contributed by atoms with Gasteiger partial charge in [0.15, 0.2) is 5.65 Å². The zero-order chi connectivity index (χ0) is 21.3. The normalized spacial score (nSPS) is 18.2. The number of aryl methyl sites for hydroxylation is 1. The summed E-state index contributed by atoms with van der Waals surface area (Å²) in [6.07, 6.45) is 10.8. The van der Waals surface area contributed by atoms with Crippen LogP contribution in [0.15, 0.2) is 15.7 Å². The number of nitrogens with zero attached hydrogens (tertiary/aromatic N) is 3. The van der Waals surface area contributed by atoms with Gasteiger partial charge in [-0.3, -0.25) is 19.1 Å². The van der Waals surface area contributed by atoms with Crippen LogP contribution < -0.4 is 11.2 Å². The minimum atomic E-state index is -0.522. The van der Waals surface area contributed by atoms with Crippen LogP contribution in [-0.4, -0.2) is 38.4 Å². The summed E-state index contributed by atoms with van der Waals surface area (Å²) in [5, 5.41) is 0.246. The molecule has 2 fully saturated rings. The van der Waals surface area contributed by atoms with Gasteiger partial charge in [-0.15, -0.1) is 0 Å². The van der Waals surface area contributed by atoms with Crippen molar-refractivity contribution < 1.29 is 4.79 Å². The van der Waals surface area contributed by atoms with Crippen molar-refractivity contribution in [2.45, 2.75) is 89.6 Å². The summed E-state index contributed by atoms with van der Waals surface area (Å²) in [7, 11) is 1.86. The zero-order valence-corrected chi connectivity index (χ0v) is 18.1. The lowest BCUT2D eigenvalue weighted by Gasteiger charge is -2.30. The van der Waals surface area contributed by atoms with Crippen molar-refractivity contribution in [2.24, 2.45) is 0 Å². The first kappa shape index (κ1) is 20.8. The molecule has 2 saturated carbocycles. The molecule has 162 valence electrons. The summed E-state index contributed by atoms with van der Waals surface area (Å²) in [5.41, 5.74) is 0.585. The Kier molecular flexibility index (Phi) is 6.06. The SMILES string of the molecule is CCCn1c(=O)[nH]c(=O)c2c(C(=O)N(C)C3CCCCCCC3)cc(C3CC3)nc21. The standard InChI is InChI=1S/C23H32N4O3/c1-3-13-27-20-19(21(28)25-23(27)30)17(14-18(24-20)15-11-12-15)22(29)26(2)16-9-7-5-4-6-8-10-16/h14-16H,3-13H2,1-2H3,(H,25,28,30). The van der Waals surface area contributed by atoms with Gasteiger partial charge in [0.05, 0.1) is 10.9 Å². The molecule has 2 aromatic rings. The van der Waals surface area contributed by atoms with Crippen molar-refractivity contribution in [2.75, 3.05) is 7.05 Å². The number of rotatable bonds is 5. The van der Waals surface area contributed by atoms with E-state index < -0.39 is 11.2 Å². The van der Waals surface area contributed by atoms with Crippen LogP contribution >= 0.6 is 0 Å². The van der Waals surface area contributed by atoms with Gasteiger partial charge in [0.25, 0.3) is 11.5 Å². The fourth-order valence-electron chi connectivity index (χ4n) is 4.66. The summed E-state index contributed by atoms with van der Waals surface area (Å²) >= 11 is 0.